The van der Waals surface area contributed by atoms with Crippen LogP contribution in [0.2, 0.25) is 10.0 Å². The summed E-state index contributed by atoms with van der Waals surface area (Å²) >= 11 is 12.8. The second-order valence-electron chi connectivity index (χ2n) is 7.38. The first kappa shape index (κ1) is 21.6. The molecule has 0 N–H and O–H groups in total. The van der Waals surface area contributed by atoms with Crippen LogP contribution in [0, 0.1) is 0 Å². The van der Waals surface area contributed by atoms with Crippen molar-refractivity contribution < 1.29 is 22.7 Å². The van der Waals surface area contributed by atoms with Crippen molar-refractivity contribution in [3.63, 3.8) is 0 Å². The number of allylic oxidation sites excluding steroid dienone is 1. The summed E-state index contributed by atoms with van der Waals surface area (Å²) in [6.07, 6.45) is -2.46. The molecule has 0 aromatic heterocycles. The quantitative estimate of drug-likeness (QED) is 0.441. The van der Waals surface area contributed by atoms with E-state index in [0.29, 0.717) is 17.6 Å². The monoisotopic (exact) mass is 472 g/mol. The SMILES string of the molecule is COC(=O)c1ccc(C2=CSC(c3cc(Cl)cc(Cl)c3)(C(F)(F)F)C2)c2c1CCC2. The molecule has 4 rings (SSSR count). The van der Waals surface area contributed by atoms with Gasteiger partial charge in [-0.2, -0.15) is 13.2 Å². The molecule has 1 aliphatic carbocycles. The zero-order valence-corrected chi connectivity index (χ0v) is 18.2. The summed E-state index contributed by atoms with van der Waals surface area (Å²) < 4.78 is 45.7. The van der Waals surface area contributed by atoms with Crippen molar-refractivity contribution in [3.8, 4) is 0 Å². The molecule has 2 nitrogen and oxygen atoms in total. The highest BCUT2D eigenvalue weighted by Gasteiger charge is 2.58. The van der Waals surface area contributed by atoms with E-state index < -0.39 is 16.9 Å². The van der Waals surface area contributed by atoms with Gasteiger partial charge in [-0.15, -0.1) is 11.8 Å². The van der Waals surface area contributed by atoms with Gasteiger partial charge in [0.2, 0.25) is 0 Å². The Kier molecular flexibility index (Phi) is 5.62. The first-order valence-corrected chi connectivity index (χ1v) is 10.9. The molecule has 1 heterocycles. The Morgan fingerprint density at radius 1 is 1.10 bits per heavy atom. The third-order valence-corrected chi connectivity index (χ3v) is 7.52. The van der Waals surface area contributed by atoms with Gasteiger partial charge in [-0.25, -0.2) is 4.79 Å². The Morgan fingerprint density at radius 3 is 2.40 bits per heavy atom. The molecular formula is C22H17Cl2F3O2S. The van der Waals surface area contributed by atoms with Gasteiger partial charge in [0.1, 0.15) is 4.75 Å². The van der Waals surface area contributed by atoms with Crippen LogP contribution in [0.1, 0.15) is 45.5 Å². The van der Waals surface area contributed by atoms with Crippen molar-refractivity contribution in [2.24, 2.45) is 0 Å². The summed E-state index contributed by atoms with van der Waals surface area (Å²) in [6, 6.07) is 7.47. The average Bonchev–Trinajstić information content (AvgIpc) is 3.33. The van der Waals surface area contributed by atoms with Crippen LogP contribution >= 0.6 is 35.0 Å². The van der Waals surface area contributed by atoms with E-state index in [9.17, 15) is 18.0 Å². The number of hydrogen-bond acceptors (Lipinski definition) is 3. The third kappa shape index (κ3) is 3.53. The molecule has 8 heteroatoms. The smallest absolute Gasteiger partial charge is 0.407 e. The number of halogens is 5. The number of methoxy groups -OCH3 is 1. The zero-order chi connectivity index (χ0) is 21.7. The predicted molar refractivity (Wildman–Crippen MR) is 114 cm³/mol. The lowest BCUT2D eigenvalue weighted by molar-refractivity contribution is -0.160. The van der Waals surface area contributed by atoms with E-state index in [-0.39, 0.29) is 22.0 Å². The fraction of sp³-hybridized carbons (Fsp3) is 0.318. The lowest BCUT2D eigenvalue weighted by Crippen LogP contribution is -2.37. The molecule has 2 aromatic carbocycles. The predicted octanol–water partition coefficient (Wildman–Crippen LogP) is 7.20. The number of alkyl halides is 3. The Bertz CT molecular complexity index is 1040. The Labute approximate surface area is 186 Å². The molecule has 2 aliphatic rings. The second kappa shape index (κ2) is 7.81. The maximum Gasteiger partial charge on any atom is 0.407 e. The molecule has 0 fully saturated rings. The first-order chi connectivity index (χ1) is 14.2. The number of benzene rings is 2. The van der Waals surface area contributed by atoms with Crippen LogP contribution in [0.4, 0.5) is 13.2 Å². The minimum absolute atomic E-state index is 0.0339. The van der Waals surface area contributed by atoms with Crippen molar-refractivity contribution in [1.29, 1.82) is 0 Å². The Morgan fingerprint density at radius 2 is 1.77 bits per heavy atom. The van der Waals surface area contributed by atoms with Crippen LogP contribution in [-0.2, 0) is 22.3 Å². The maximum atomic E-state index is 14.3. The molecule has 0 saturated heterocycles. The van der Waals surface area contributed by atoms with Crippen LogP contribution in [0.3, 0.4) is 0 Å². The topological polar surface area (TPSA) is 26.3 Å². The standard InChI is InChI=1S/C22H17Cl2F3O2S/c1-29-20(28)19-6-5-16(17-3-2-4-18(17)19)12-10-21(30-11-12,22(25,26)27)13-7-14(23)9-15(24)8-13/h5-9,11H,2-4,10H2,1H3. The molecule has 0 amide bonds. The van der Waals surface area contributed by atoms with Gasteiger partial charge in [-0.05, 0) is 76.8 Å². The molecule has 1 aliphatic heterocycles. The van der Waals surface area contributed by atoms with E-state index in [4.69, 9.17) is 27.9 Å². The van der Waals surface area contributed by atoms with Gasteiger partial charge in [-0.3, -0.25) is 0 Å². The van der Waals surface area contributed by atoms with Gasteiger partial charge in [0.05, 0.1) is 12.7 Å². The number of thioether (sulfide) groups is 1. The fourth-order valence-electron chi connectivity index (χ4n) is 4.28. The Hall–Kier alpha value is -1.63. The van der Waals surface area contributed by atoms with E-state index in [1.165, 1.54) is 25.3 Å². The van der Waals surface area contributed by atoms with E-state index in [1.807, 2.05) is 0 Å². The van der Waals surface area contributed by atoms with Crippen LogP contribution in [-0.4, -0.2) is 19.3 Å². The first-order valence-electron chi connectivity index (χ1n) is 9.30. The summed E-state index contributed by atoms with van der Waals surface area (Å²) in [5.41, 5.74) is 3.70. The van der Waals surface area contributed by atoms with Crippen LogP contribution in [0.5, 0.6) is 0 Å². The lowest BCUT2D eigenvalue weighted by Gasteiger charge is -2.32. The van der Waals surface area contributed by atoms with Crippen LogP contribution < -0.4 is 0 Å². The molecule has 1 atom stereocenters. The number of rotatable bonds is 3. The minimum Gasteiger partial charge on any atom is -0.465 e. The zero-order valence-electron chi connectivity index (χ0n) is 15.9. The van der Waals surface area contributed by atoms with Crippen molar-refractivity contribution >= 4 is 46.5 Å². The fourth-order valence-corrected chi connectivity index (χ4v) is 5.98. The number of hydrogen-bond donors (Lipinski definition) is 0. The summed E-state index contributed by atoms with van der Waals surface area (Å²) in [5.74, 6) is -0.423. The van der Waals surface area contributed by atoms with Gasteiger partial charge in [-0.1, -0.05) is 29.3 Å². The molecule has 0 spiro atoms. The van der Waals surface area contributed by atoms with Gasteiger partial charge in [0.15, 0.2) is 0 Å². The molecular weight excluding hydrogens is 456 g/mol. The summed E-state index contributed by atoms with van der Waals surface area (Å²) in [5, 5.41) is 1.91. The second-order valence-corrected chi connectivity index (χ2v) is 9.42. The molecule has 0 bridgehead atoms. The van der Waals surface area contributed by atoms with Gasteiger partial charge in [0, 0.05) is 16.5 Å². The van der Waals surface area contributed by atoms with E-state index >= 15 is 0 Å². The molecule has 30 heavy (non-hydrogen) atoms. The third-order valence-electron chi connectivity index (χ3n) is 5.66. The lowest BCUT2D eigenvalue weighted by atomic mass is 9.86. The largest absolute Gasteiger partial charge is 0.465 e. The van der Waals surface area contributed by atoms with Crippen molar-refractivity contribution in [1.82, 2.24) is 0 Å². The average molecular weight is 473 g/mol. The van der Waals surface area contributed by atoms with Gasteiger partial charge in [0.25, 0.3) is 0 Å². The van der Waals surface area contributed by atoms with Crippen molar-refractivity contribution in [2.45, 2.75) is 36.6 Å². The van der Waals surface area contributed by atoms with Crippen molar-refractivity contribution in [2.75, 3.05) is 7.11 Å². The van der Waals surface area contributed by atoms with Crippen LogP contribution in [0.15, 0.2) is 35.7 Å². The van der Waals surface area contributed by atoms with E-state index in [2.05, 4.69) is 0 Å². The number of fused-ring (bicyclic) bond motifs is 1. The minimum atomic E-state index is -4.51. The normalized spacial score (nSPS) is 20.8. The number of esters is 1. The number of ether oxygens (including phenoxy) is 1. The van der Waals surface area contributed by atoms with Crippen LogP contribution in [0.25, 0.3) is 5.57 Å². The highest BCUT2D eigenvalue weighted by atomic mass is 35.5. The number of carbonyl (C=O) groups is 1. The highest BCUT2D eigenvalue weighted by Crippen LogP contribution is 2.60. The van der Waals surface area contributed by atoms with Gasteiger partial charge < -0.3 is 4.74 Å². The Balaban J connectivity index is 1.77. The molecule has 0 radical (unpaired) electrons. The number of carbonyl (C=O) groups excluding carboxylic acids is 1. The van der Waals surface area contributed by atoms with Gasteiger partial charge >= 0.3 is 12.1 Å². The highest BCUT2D eigenvalue weighted by molar-refractivity contribution is 8.03. The maximum absolute atomic E-state index is 14.3. The molecule has 158 valence electrons. The van der Waals surface area contributed by atoms with E-state index in [1.54, 1.807) is 17.5 Å². The summed E-state index contributed by atoms with van der Waals surface area (Å²) in [6.45, 7) is 0. The summed E-state index contributed by atoms with van der Waals surface area (Å²) in [4.78, 5) is 12.1. The van der Waals surface area contributed by atoms with E-state index in [0.717, 1.165) is 41.3 Å². The summed E-state index contributed by atoms with van der Waals surface area (Å²) in [7, 11) is 1.32. The molecule has 2 aromatic rings. The molecule has 1 unspecified atom stereocenters. The van der Waals surface area contributed by atoms with Crippen molar-refractivity contribution in [3.05, 3.63) is 73.6 Å². The molecule has 0 saturated carbocycles.